The molecule has 1 rings (SSSR count). The van der Waals surface area contributed by atoms with Crippen molar-refractivity contribution < 1.29 is 4.74 Å². The highest BCUT2D eigenvalue weighted by molar-refractivity contribution is 4.67. The van der Waals surface area contributed by atoms with Crippen LogP contribution >= 0.6 is 0 Å². The number of rotatable bonds is 7. The minimum atomic E-state index is 0.554. The molecule has 0 spiro atoms. The van der Waals surface area contributed by atoms with Crippen molar-refractivity contribution in [1.29, 1.82) is 0 Å². The normalized spacial score (nSPS) is 20.4. The summed E-state index contributed by atoms with van der Waals surface area (Å²) >= 11 is 0. The van der Waals surface area contributed by atoms with Crippen molar-refractivity contribution in [3.8, 4) is 0 Å². The summed E-state index contributed by atoms with van der Waals surface area (Å²) < 4.78 is 5.82. The van der Waals surface area contributed by atoms with Crippen LogP contribution in [0.1, 0.15) is 52.4 Å². The van der Waals surface area contributed by atoms with Crippen molar-refractivity contribution >= 4 is 0 Å². The minimum absolute atomic E-state index is 0.554. The van der Waals surface area contributed by atoms with Crippen molar-refractivity contribution in [3.05, 3.63) is 0 Å². The highest BCUT2D eigenvalue weighted by Gasteiger charge is 2.14. The lowest BCUT2D eigenvalue weighted by Gasteiger charge is -2.23. The van der Waals surface area contributed by atoms with Gasteiger partial charge in [0.2, 0.25) is 0 Å². The monoisotopic (exact) mass is 213 g/mol. The lowest BCUT2D eigenvalue weighted by Crippen LogP contribution is -2.33. The fraction of sp³-hybridized carbons (Fsp3) is 1.00. The van der Waals surface area contributed by atoms with Crippen molar-refractivity contribution in [2.45, 2.75) is 58.4 Å². The Morgan fingerprint density at radius 1 is 1.20 bits per heavy atom. The molecule has 1 aliphatic rings. The van der Waals surface area contributed by atoms with E-state index >= 15 is 0 Å². The smallest absolute Gasteiger partial charge is 0.0619 e. The minimum Gasteiger partial charge on any atom is -0.380 e. The Hall–Kier alpha value is -0.0800. The lowest BCUT2D eigenvalue weighted by molar-refractivity contribution is 0.0690. The number of hydrogen-bond donors (Lipinski definition) is 1. The van der Waals surface area contributed by atoms with Crippen molar-refractivity contribution in [1.82, 2.24) is 5.32 Å². The summed E-state index contributed by atoms with van der Waals surface area (Å²) in [7, 11) is 0. The average molecular weight is 213 g/mol. The van der Waals surface area contributed by atoms with Crippen molar-refractivity contribution in [2.75, 3.05) is 19.8 Å². The zero-order chi connectivity index (χ0) is 10.9. The molecule has 0 bridgehead atoms. The molecule has 2 nitrogen and oxygen atoms in total. The molecular weight excluding hydrogens is 186 g/mol. The van der Waals surface area contributed by atoms with Gasteiger partial charge in [-0.2, -0.15) is 0 Å². The quantitative estimate of drug-likeness (QED) is 0.702. The van der Waals surface area contributed by atoms with E-state index in [2.05, 4.69) is 19.2 Å². The van der Waals surface area contributed by atoms with E-state index in [4.69, 9.17) is 4.74 Å². The van der Waals surface area contributed by atoms with E-state index in [-0.39, 0.29) is 0 Å². The molecular formula is C13H27NO. The zero-order valence-electron chi connectivity index (χ0n) is 10.4. The largest absolute Gasteiger partial charge is 0.380 e. The second-order valence-corrected chi connectivity index (χ2v) is 4.70. The van der Waals surface area contributed by atoms with E-state index in [1.165, 1.54) is 38.5 Å². The van der Waals surface area contributed by atoms with Crippen LogP contribution in [0.3, 0.4) is 0 Å². The van der Waals surface area contributed by atoms with E-state index in [1.807, 2.05) is 0 Å². The Morgan fingerprint density at radius 3 is 2.53 bits per heavy atom. The van der Waals surface area contributed by atoms with Crippen LogP contribution in [-0.4, -0.2) is 25.8 Å². The molecule has 1 fully saturated rings. The van der Waals surface area contributed by atoms with Crippen molar-refractivity contribution in [3.63, 3.8) is 0 Å². The molecule has 90 valence electrons. The topological polar surface area (TPSA) is 21.3 Å². The first-order chi connectivity index (χ1) is 7.36. The molecule has 0 radical (unpaired) electrons. The van der Waals surface area contributed by atoms with Gasteiger partial charge in [0.05, 0.1) is 6.61 Å². The third-order valence-corrected chi connectivity index (χ3v) is 3.38. The first kappa shape index (κ1) is 13.0. The van der Waals surface area contributed by atoms with E-state index in [1.54, 1.807) is 0 Å². The van der Waals surface area contributed by atoms with E-state index in [0.717, 1.165) is 25.7 Å². The van der Waals surface area contributed by atoms with Gasteiger partial charge >= 0.3 is 0 Å². The molecule has 1 aliphatic carbocycles. The molecule has 1 N–H and O–H groups in total. The van der Waals surface area contributed by atoms with Gasteiger partial charge < -0.3 is 10.1 Å². The van der Waals surface area contributed by atoms with Crippen LogP contribution in [0.5, 0.6) is 0 Å². The molecule has 15 heavy (non-hydrogen) atoms. The van der Waals surface area contributed by atoms with Gasteiger partial charge in [0.1, 0.15) is 0 Å². The summed E-state index contributed by atoms with van der Waals surface area (Å²) in [4.78, 5) is 0. The molecule has 0 aromatic rings. The van der Waals surface area contributed by atoms with Crippen LogP contribution in [0.15, 0.2) is 0 Å². The van der Waals surface area contributed by atoms with E-state index < -0.39 is 0 Å². The Morgan fingerprint density at radius 2 is 1.93 bits per heavy atom. The molecule has 0 saturated heterocycles. The Bertz CT molecular complexity index is 139. The number of nitrogens with one attached hydrogen (secondary N) is 1. The maximum absolute atomic E-state index is 5.82. The zero-order valence-corrected chi connectivity index (χ0v) is 10.4. The molecule has 2 heteroatoms. The first-order valence-corrected chi connectivity index (χ1v) is 6.68. The van der Waals surface area contributed by atoms with Crippen molar-refractivity contribution in [2.24, 2.45) is 5.92 Å². The first-order valence-electron chi connectivity index (χ1n) is 6.68. The number of ether oxygens (including phenoxy) is 1. The van der Waals surface area contributed by atoms with E-state index in [0.29, 0.717) is 6.04 Å². The third-order valence-electron chi connectivity index (χ3n) is 3.38. The van der Waals surface area contributed by atoms with Crippen LogP contribution in [0.4, 0.5) is 0 Å². The molecule has 0 aromatic carbocycles. The average Bonchev–Trinajstić information content (AvgIpc) is 2.29. The maximum atomic E-state index is 5.82. The third kappa shape index (κ3) is 5.53. The highest BCUT2D eigenvalue weighted by atomic mass is 16.5. The predicted octanol–water partition coefficient (Wildman–Crippen LogP) is 2.97. The van der Waals surface area contributed by atoms with Gasteiger partial charge in [-0.15, -0.1) is 0 Å². The maximum Gasteiger partial charge on any atom is 0.0619 e. The van der Waals surface area contributed by atoms with Gasteiger partial charge in [0.15, 0.2) is 0 Å². The second-order valence-electron chi connectivity index (χ2n) is 4.70. The van der Waals surface area contributed by atoms with Gasteiger partial charge in [-0.1, -0.05) is 33.1 Å². The Labute approximate surface area is 94.8 Å². The second kappa shape index (κ2) is 8.12. The molecule has 0 aromatic heterocycles. The Balaban J connectivity index is 2.03. The standard InChI is InChI=1S/C13H27NO/c1-3-13(14-4-2)11-15-10-12-8-6-5-7-9-12/h12-14H,3-11H2,1-2H3. The number of hydrogen-bond acceptors (Lipinski definition) is 2. The van der Waals surface area contributed by atoms with Crippen LogP contribution in [0, 0.1) is 5.92 Å². The summed E-state index contributed by atoms with van der Waals surface area (Å²) in [5.74, 6) is 0.845. The van der Waals surface area contributed by atoms with Crippen LogP contribution in [-0.2, 0) is 4.74 Å². The van der Waals surface area contributed by atoms with Crippen LogP contribution in [0.25, 0.3) is 0 Å². The lowest BCUT2D eigenvalue weighted by atomic mass is 9.90. The molecule has 1 atom stereocenters. The van der Waals surface area contributed by atoms with Crippen LogP contribution in [0.2, 0.25) is 0 Å². The highest BCUT2D eigenvalue weighted by Crippen LogP contribution is 2.23. The van der Waals surface area contributed by atoms with Gasteiger partial charge in [-0.25, -0.2) is 0 Å². The molecule has 1 saturated carbocycles. The van der Waals surface area contributed by atoms with Gasteiger partial charge in [0, 0.05) is 12.6 Å². The fourth-order valence-corrected chi connectivity index (χ4v) is 2.34. The summed E-state index contributed by atoms with van der Waals surface area (Å²) in [6, 6.07) is 0.554. The van der Waals surface area contributed by atoms with Gasteiger partial charge in [-0.05, 0) is 31.7 Å². The number of likely N-dealkylation sites (N-methyl/N-ethyl adjacent to an activating group) is 1. The van der Waals surface area contributed by atoms with E-state index in [9.17, 15) is 0 Å². The summed E-state index contributed by atoms with van der Waals surface area (Å²) in [6.07, 6.45) is 8.21. The Kier molecular flexibility index (Phi) is 7.03. The van der Waals surface area contributed by atoms with Crippen LogP contribution < -0.4 is 5.32 Å². The molecule has 0 aliphatic heterocycles. The summed E-state index contributed by atoms with van der Waals surface area (Å²) in [6.45, 7) is 7.30. The SMILES string of the molecule is CCNC(CC)COCC1CCCCC1. The molecule has 0 amide bonds. The summed E-state index contributed by atoms with van der Waals surface area (Å²) in [5, 5.41) is 3.45. The summed E-state index contributed by atoms with van der Waals surface area (Å²) in [5.41, 5.74) is 0. The van der Waals surface area contributed by atoms with Gasteiger partial charge in [-0.3, -0.25) is 0 Å². The molecule has 1 unspecified atom stereocenters. The molecule has 0 heterocycles. The fourth-order valence-electron chi connectivity index (χ4n) is 2.34. The predicted molar refractivity (Wildman–Crippen MR) is 65.1 cm³/mol. The van der Waals surface area contributed by atoms with Gasteiger partial charge in [0.25, 0.3) is 0 Å².